The molecule has 21 heavy (non-hydrogen) atoms. The maximum absolute atomic E-state index is 6.03. The van der Waals surface area contributed by atoms with Gasteiger partial charge in [0.1, 0.15) is 0 Å². The molecule has 0 spiro atoms. The van der Waals surface area contributed by atoms with Crippen LogP contribution in [-0.2, 0) is 4.74 Å². The maximum Gasteiger partial charge on any atom is 0.0829 e. The third kappa shape index (κ3) is 3.79. The van der Waals surface area contributed by atoms with E-state index >= 15 is 0 Å². The summed E-state index contributed by atoms with van der Waals surface area (Å²) < 4.78 is 6.03. The summed E-state index contributed by atoms with van der Waals surface area (Å²) in [5, 5.41) is 3.75. The fourth-order valence-corrected chi connectivity index (χ4v) is 4.50. The molecular weight excluding hydrogens is 262 g/mol. The van der Waals surface area contributed by atoms with Gasteiger partial charge in [-0.25, -0.2) is 0 Å². The van der Waals surface area contributed by atoms with E-state index in [2.05, 4.69) is 29.0 Å². The molecule has 0 aromatic rings. The van der Waals surface area contributed by atoms with Gasteiger partial charge in [0.25, 0.3) is 0 Å². The van der Waals surface area contributed by atoms with Crippen LogP contribution >= 0.6 is 0 Å². The second-order valence-corrected chi connectivity index (χ2v) is 7.09. The average Bonchev–Trinajstić information content (AvgIpc) is 2.75. The molecule has 3 aliphatic heterocycles. The maximum atomic E-state index is 6.03. The molecule has 0 saturated carbocycles. The van der Waals surface area contributed by atoms with E-state index < -0.39 is 0 Å². The van der Waals surface area contributed by atoms with Gasteiger partial charge in [0.2, 0.25) is 0 Å². The fourth-order valence-electron chi connectivity index (χ4n) is 4.50. The molecule has 4 nitrogen and oxygen atoms in total. The zero-order valence-electron chi connectivity index (χ0n) is 13.9. The molecule has 1 N–H and O–H groups in total. The number of nitrogens with one attached hydrogen (secondary N) is 1. The van der Waals surface area contributed by atoms with Crippen LogP contribution in [0.3, 0.4) is 0 Å². The van der Waals surface area contributed by atoms with Crippen LogP contribution in [0.2, 0.25) is 0 Å². The highest BCUT2D eigenvalue weighted by molar-refractivity contribution is 4.98. The predicted molar refractivity (Wildman–Crippen MR) is 86.7 cm³/mol. The molecule has 3 rings (SSSR count). The van der Waals surface area contributed by atoms with E-state index in [9.17, 15) is 0 Å². The lowest BCUT2D eigenvalue weighted by atomic mass is 9.96. The number of piperidine rings is 1. The van der Waals surface area contributed by atoms with Gasteiger partial charge in [-0.2, -0.15) is 0 Å². The van der Waals surface area contributed by atoms with Crippen molar-refractivity contribution in [1.29, 1.82) is 0 Å². The molecule has 3 heterocycles. The van der Waals surface area contributed by atoms with Gasteiger partial charge < -0.3 is 10.1 Å². The van der Waals surface area contributed by atoms with E-state index in [4.69, 9.17) is 4.74 Å². The molecule has 122 valence electrons. The highest BCUT2D eigenvalue weighted by Crippen LogP contribution is 2.36. The smallest absolute Gasteiger partial charge is 0.0829 e. The summed E-state index contributed by atoms with van der Waals surface area (Å²) in [5.41, 5.74) is 0. The first-order chi connectivity index (χ1) is 10.3. The van der Waals surface area contributed by atoms with Gasteiger partial charge in [0.15, 0.2) is 0 Å². The molecule has 0 aromatic carbocycles. The second kappa shape index (κ2) is 7.40. The van der Waals surface area contributed by atoms with Crippen molar-refractivity contribution in [1.82, 2.24) is 15.1 Å². The zero-order valence-corrected chi connectivity index (χ0v) is 13.9. The van der Waals surface area contributed by atoms with Crippen LogP contribution in [0.4, 0.5) is 0 Å². The topological polar surface area (TPSA) is 27.7 Å². The lowest BCUT2D eigenvalue weighted by Crippen LogP contribution is -2.54. The fraction of sp³-hybridized carbons (Fsp3) is 1.00. The van der Waals surface area contributed by atoms with Crippen molar-refractivity contribution < 1.29 is 4.74 Å². The number of nitrogens with zero attached hydrogens (tertiary/aromatic N) is 2. The summed E-state index contributed by atoms with van der Waals surface area (Å²) in [5.74, 6) is 0. The summed E-state index contributed by atoms with van der Waals surface area (Å²) in [6.07, 6.45) is 7.18. The van der Waals surface area contributed by atoms with Crippen LogP contribution in [0.1, 0.15) is 46.0 Å². The normalized spacial score (nSPS) is 38.0. The van der Waals surface area contributed by atoms with Crippen molar-refractivity contribution in [3.63, 3.8) is 0 Å². The Morgan fingerprint density at radius 1 is 1.14 bits per heavy atom. The number of rotatable bonds is 6. The Morgan fingerprint density at radius 3 is 2.57 bits per heavy atom. The molecule has 0 amide bonds. The molecule has 3 saturated heterocycles. The van der Waals surface area contributed by atoms with Crippen molar-refractivity contribution in [2.45, 2.75) is 70.2 Å². The van der Waals surface area contributed by atoms with Crippen molar-refractivity contribution >= 4 is 0 Å². The average molecular weight is 295 g/mol. The molecule has 3 fully saturated rings. The summed E-state index contributed by atoms with van der Waals surface area (Å²) in [6.45, 7) is 11.2. The van der Waals surface area contributed by atoms with Crippen molar-refractivity contribution in [2.75, 3.05) is 39.3 Å². The molecule has 3 aliphatic rings. The molecule has 4 heteroatoms. The van der Waals surface area contributed by atoms with Gasteiger partial charge in [0.05, 0.1) is 12.7 Å². The molecule has 3 unspecified atom stereocenters. The van der Waals surface area contributed by atoms with Gasteiger partial charge in [-0.05, 0) is 45.2 Å². The molecule has 2 bridgehead atoms. The predicted octanol–water partition coefficient (Wildman–Crippen LogP) is 1.70. The number of fused-ring (bicyclic) bond motifs is 2. The van der Waals surface area contributed by atoms with Crippen LogP contribution < -0.4 is 5.32 Å². The first kappa shape index (κ1) is 15.7. The number of hydrogen-bond acceptors (Lipinski definition) is 4. The van der Waals surface area contributed by atoms with Gasteiger partial charge in [-0.15, -0.1) is 0 Å². The van der Waals surface area contributed by atoms with Gasteiger partial charge in [-0.1, -0.05) is 13.8 Å². The Balaban J connectivity index is 1.51. The van der Waals surface area contributed by atoms with Crippen LogP contribution in [0.15, 0.2) is 0 Å². The number of likely N-dealkylation sites (N-methyl/N-ethyl adjacent to an activating group) is 1. The molecule has 0 radical (unpaired) electrons. The SMILES string of the molecule is CCCNC1CC2CCC(C1)N2CC1CN(CC)CCO1. The summed E-state index contributed by atoms with van der Waals surface area (Å²) in [4.78, 5) is 5.32. The third-order valence-electron chi connectivity index (χ3n) is 5.65. The highest BCUT2D eigenvalue weighted by atomic mass is 16.5. The Labute approximate surface area is 130 Å². The lowest BCUT2D eigenvalue weighted by Gasteiger charge is -2.42. The molecule has 3 atom stereocenters. The van der Waals surface area contributed by atoms with E-state index in [0.29, 0.717) is 6.10 Å². The molecular formula is C17H33N3O. The summed E-state index contributed by atoms with van der Waals surface area (Å²) in [7, 11) is 0. The Hall–Kier alpha value is -0.160. The number of ether oxygens (including phenoxy) is 1. The molecule has 0 aromatic heterocycles. The Morgan fingerprint density at radius 2 is 1.90 bits per heavy atom. The number of hydrogen-bond donors (Lipinski definition) is 1. The third-order valence-corrected chi connectivity index (χ3v) is 5.65. The highest BCUT2D eigenvalue weighted by Gasteiger charge is 2.41. The quantitative estimate of drug-likeness (QED) is 0.807. The first-order valence-electron chi connectivity index (χ1n) is 9.13. The second-order valence-electron chi connectivity index (χ2n) is 7.09. The van der Waals surface area contributed by atoms with E-state index in [-0.39, 0.29) is 0 Å². The van der Waals surface area contributed by atoms with E-state index in [1.165, 1.54) is 38.6 Å². The van der Waals surface area contributed by atoms with E-state index in [1.807, 2.05) is 0 Å². The minimum Gasteiger partial charge on any atom is -0.374 e. The Bertz CT molecular complexity index is 311. The van der Waals surface area contributed by atoms with Gasteiger partial charge >= 0.3 is 0 Å². The van der Waals surface area contributed by atoms with E-state index in [0.717, 1.165) is 50.9 Å². The van der Waals surface area contributed by atoms with Crippen LogP contribution in [-0.4, -0.2) is 73.4 Å². The van der Waals surface area contributed by atoms with Crippen molar-refractivity contribution in [3.05, 3.63) is 0 Å². The summed E-state index contributed by atoms with van der Waals surface area (Å²) >= 11 is 0. The van der Waals surface area contributed by atoms with Crippen LogP contribution in [0.5, 0.6) is 0 Å². The molecule has 0 aliphatic carbocycles. The Kier molecular flexibility index (Phi) is 5.54. The van der Waals surface area contributed by atoms with Crippen LogP contribution in [0, 0.1) is 0 Å². The minimum atomic E-state index is 0.432. The monoisotopic (exact) mass is 295 g/mol. The number of morpholine rings is 1. The first-order valence-corrected chi connectivity index (χ1v) is 9.13. The van der Waals surface area contributed by atoms with Crippen molar-refractivity contribution in [3.8, 4) is 0 Å². The van der Waals surface area contributed by atoms with Gasteiger partial charge in [0, 0.05) is 37.8 Å². The van der Waals surface area contributed by atoms with Crippen molar-refractivity contribution in [2.24, 2.45) is 0 Å². The van der Waals surface area contributed by atoms with Gasteiger partial charge in [-0.3, -0.25) is 9.80 Å². The zero-order chi connectivity index (χ0) is 14.7. The van der Waals surface area contributed by atoms with E-state index in [1.54, 1.807) is 0 Å². The largest absolute Gasteiger partial charge is 0.374 e. The standard InChI is InChI=1S/C17H33N3O/c1-3-7-18-14-10-15-5-6-16(11-14)20(15)13-17-12-19(4-2)8-9-21-17/h14-18H,3-13H2,1-2H3. The summed E-state index contributed by atoms with van der Waals surface area (Å²) in [6, 6.07) is 2.37. The lowest BCUT2D eigenvalue weighted by molar-refractivity contribution is -0.0539. The minimum absolute atomic E-state index is 0.432. The van der Waals surface area contributed by atoms with Crippen LogP contribution in [0.25, 0.3) is 0 Å².